The topological polar surface area (TPSA) is 83.5 Å². The van der Waals surface area contributed by atoms with Gasteiger partial charge in [0.1, 0.15) is 0 Å². The van der Waals surface area contributed by atoms with E-state index in [2.05, 4.69) is 5.32 Å². The van der Waals surface area contributed by atoms with Gasteiger partial charge in [0, 0.05) is 24.1 Å². The molecule has 0 aliphatic heterocycles. The second-order valence-electron chi connectivity index (χ2n) is 4.08. The molecule has 1 rings (SSSR count). The molecule has 0 spiro atoms. The summed E-state index contributed by atoms with van der Waals surface area (Å²) in [5.41, 5.74) is 0. The zero-order valence-corrected chi connectivity index (χ0v) is 11.4. The summed E-state index contributed by atoms with van der Waals surface area (Å²) in [6.45, 7) is 1.70. The van der Waals surface area contributed by atoms with Crippen molar-refractivity contribution >= 4 is 15.7 Å². The van der Waals surface area contributed by atoms with Crippen molar-refractivity contribution in [2.24, 2.45) is 0 Å². The highest BCUT2D eigenvalue weighted by Crippen LogP contribution is 2.10. The van der Waals surface area contributed by atoms with Crippen LogP contribution in [-0.4, -0.2) is 32.1 Å². The molecule has 0 aliphatic rings. The molecule has 1 unspecified atom stereocenters. The van der Waals surface area contributed by atoms with Crippen molar-refractivity contribution in [1.82, 2.24) is 5.32 Å². The Morgan fingerprint density at radius 3 is 2.58 bits per heavy atom. The molecule has 1 aromatic rings. The van der Waals surface area contributed by atoms with Crippen LogP contribution < -0.4 is 5.32 Å². The van der Waals surface area contributed by atoms with Crippen LogP contribution >= 0.6 is 0 Å². The largest absolute Gasteiger partial charge is 0.396 e. The highest BCUT2D eigenvalue weighted by Gasteiger charge is 2.10. The molecule has 1 amide bonds. The Balaban J connectivity index is 2.68. The molecular formula is C13H17NO4S. The van der Waals surface area contributed by atoms with Gasteiger partial charge in [-0.25, -0.2) is 8.42 Å². The molecule has 104 valence electrons. The van der Waals surface area contributed by atoms with Gasteiger partial charge in [0.05, 0.1) is 4.90 Å². The summed E-state index contributed by atoms with van der Waals surface area (Å²) in [5.74, 6) is -0.500. The number of hydrogen-bond acceptors (Lipinski definition) is 4. The minimum atomic E-state index is -3.59. The minimum Gasteiger partial charge on any atom is -0.396 e. The van der Waals surface area contributed by atoms with Gasteiger partial charge in [-0.2, -0.15) is 0 Å². The molecule has 6 heteroatoms. The molecule has 0 fully saturated rings. The lowest BCUT2D eigenvalue weighted by Crippen LogP contribution is -2.31. The Kier molecular flexibility index (Phi) is 5.72. The number of benzene rings is 1. The number of aliphatic hydroxyl groups is 1. The molecule has 0 saturated carbocycles. The number of aliphatic hydroxyl groups excluding tert-OH is 1. The number of carbonyl (C=O) groups excluding carboxylic acids is 1. The van der Waals surface area contributed by atoms with Crippen molar-refractivity contribution in [1.29, 1.82) is 0 Å². The van der Waals surface area contributed by atoms with Gasteiger partial charge in [-0.1, -0.05) is 18.2 Å². The van der Waals surface area contributed by atoms with E-state index in [4.69, 9.17) is 5.11 Å². The summed E-state index contributed by atoms with van der Waals surface area (Å²) in [4.78, 5) is 11.6. The number of nitrogens with one attached hydrogen (secondary N) is 1. The predicted molar refractivity (Wildman–Crippen MR) is 72.1 cm³/mol. The minimum absolute atomic E-state index is 0.0343. The average Bonchev–Trinajstić information content (AvgIpc) is 2.38. The number of rotatable bonds is 6. The lowest BCUT2D eigenvalue weighted by Gasteiger charge is -2.09. The van der Waals surface area contributed by atoms with Crippen LogP contribution in [0.1, 0.15) is 13.3 Å². The molecule has 0 aliphatic carbocycles. The van der Waals surface area contributed by atoms with E-state index in [1.807, 2.05) is 0 Å². The quantitative estimate of drug-likeness (QED) is 0.759. The van der Waals surface area contributed by atoms with Crippen LogP contribution in [0.4, 0.5) is 0 Å². The van der Waals surface area contributed by atoms with Crippen LogP contribution in [0.3, 0.4) is 0 Å². The number of amides is 1. The van der Waals surface area contributed by atoms with Gasteiger partial charge in [-0.05, 0) is 25.5 Å². The van der Waals surface area contributed by atoms with E-state index in [0.717, 1.165) is 11.5 Å². The summed E-state index contributed by atoms with van der Waals surface area (Å²) in [6.07, 6.45) is 1.40. The molecule has 5 nitrogen and oxygen atoms in total. The maximum Gasteiger partial charge on any atom is 0.244 e. The predicted octanol–water partition coefficient (Wildman–Crippen LogP) is 0.861. The van der Waals surface area contributed by atoms with E-state index in [1.54, 1.807) is 25.1 Å². The number of carbonyl (C=O) groups is 1. The summed E-state index contributed by atoms with van der Waals surface area (Å²) in [6, 6.07) is 7.67. The zero-order chi connectivity index (χ0) is 14.3. The van der Waals surface area contributed by atoms with E-state index < -0.39 is 15.7 Å². The molecular weight excluding hydrogens is 266 g/mol. The standard InChI is InChI=1S/C13H17NO4S/c1-11(7-9-15)14-13(16)8-10-19(17,18)12-5-3-2-4-6-12/h2-6,8,10-11,15H,7,9H2,1H3,(H,14,16)/b10-8+. The van der Waals surface area contributed by atoms with Crippen molar-refractivity contribution < 1.29 is 18.3 Å². The van der Waals surface area contributed by atoms with Gasteiger partial charge in [-0.3, -0.25) is 4.79 Å². The van der Waals surface area contributed by atoms with Gasteiger partial charge in [0.2, 0.25) is 5.91 Å². The van der Waals surface area contributed by atoms with E-state index in [9.17, 15) is 13.2 Å². The molecule has 0 bridgehead atoms. The van der Waals surface area contributed by atoms with Crippen LogP contribution in [0.15, 0.2) is 46.7 Å². The van der Waals surface area contributed by atoms with Crippen molar-refractivity contribution in [3.63, 3.8) is 0 Å². The molecule has 0 aromatic heterocycles. The van der Waals surface area contributed by atoms with Crippen LogP contribution in [-0.2, 0) is 14.6 Å². The molecule has 0 saturated heterocycles. The first-order valence-corrected chi connectivity index (χ1v) is 7.40. The van der Waals surface area contributed by atoms with Gasteiger partial charge in [-0.15, -0.1) is 0 Å². The maximum atomic E-state index is 11.8. The first kappa shape index (κ1) is 15.4. The third-order valence-corrected chi connectivity index (χ3v) is 3.84. The van der Waals surface area contributed by atoms with E-state index in [1.165, 1.54) is 12.1 Å². The molecule has 1 atom stereocenters. The highest BCUT2D eigenvalue weighted by atomic mass is 32.2. The van der Waals surface area contributed by atoms with Gasteiger partial charge < -0.3 is 10.4 Å². The first-order valence-electron chi connectivity index (χ1n) is 5.85. The third-order valence-electron chi connectivity index (χ3n) is 2.42. The fourth-order valence-corrected chi connectivity index (χ4v) is 2.39. The van der Waals surface area contributed by atoms with E-state index in [0.29, 0.717) is 6.42 Å². The second-order valence-corrected chi connectivity index (χ2v) is 5.92. The first-order chi connectivity index (χ1) is 8.95. The summed E-state index contributed by atoms with van der Waals surface area (Å²) in [7, 11) is -3.59. The lowest BCUT2D eigenvalue weighted by molar-refractivity contribution is -0.117. The van der Waals surface area contributed by atoms with Crippen molar-refractivity contribution in [3.8, 4) is 0 Å². The lowest BCUT2D eigenvalue weighted by atomic mass is 10.2. The van der Waals surface area contributed by atoms with Gasteiger partial charge in [0.25, 0.3) is 0 Å². The smallest absolute Gasteiger partial charge is 0.244 e. The fraction of sp³-hybridized carbons (Fsp3) is 0.308. The Morgan fingerprint density at radius 2 is 2.00 bits per heavy atom. The van der Waals surface area contributed by atoms with Crippen molar-refractivity contribution in [3.05, 3.63) is 41.8 Å². The molecule has 0 heterocycles. The SMILES string of the molecule is CC(CCO)NC(=O)/C=C/S(=O)(=O)c1ccccc1. The Bertz CT molecular complexity index is 537. The van der Waals surface area contributed by atoms with Crippen molar-refractivity contribution in [2.45, 2.75) is 24.3 Å². The van der Waals surface area contributed by atoms with E-state index in [-0.39, 0.29) is 17.5 Å². The van der Waals surface area contributed by atoms with E-state index >= 15 is 0 Å². The summed E-state index contributed by atoms with van der Waals surface area (Å²) >= 11 is 0. The summed E-state index contributed by atoms with van der Waals surface area (Å²) < 4.78 is 23.7. The monoisotopic (exact) mass is 283 g/mol. The Hall–Kier alpha value is -1.66. The highest BCUT2D eigenvalue weighted by molar-refractivity contribution is 7.94. The van der Waals surface area contributed by atoms with Gasteiger partial charge in [0.15, 0.2) is 9.84 Å². The van der Waals surface area contributed by atoms with Crippen LogP contribution in [0.25, 0.3) is 0 Å². The fourth-order valence-electron chi connectivity index (χ4n) is 1.40. The van der Waals surface area contributed by atoms with Gasteiger partial charge >= 0.3 is 0 Å². The Labute approximate surface area is 112 Å². The molecule has 0 radical (unpaired) electrons. The third kappa shape index (κ3) is 5.23. The second kappa shape index (κ2) is 7.06. The van der Waals surface area contributed by atoms with Crippen LogP contribution in [0, 0.1) is 0 Å². The molecule has 2 N–H and O–H groups in total. The number of hydrogen-bond donors (Lipinski definition) is 2. The summed E-state index contributed by atoms with van der Waals surface area (Å²) in [5, 5.41) is 12.1. The normalized spacial score (nSPS) is 13.4. The van der Waals surface area contributed by atoms with Crippen LogP contribution in [0.5, 0.6) is 0 Å². The van der Waals surface area contributed by atoms with Crippen molar-refractivity contribution in [2.75, 3.05) is 6.61 Å². The molecule has 19 heavy (non-hydrogen) atoms. The maximum absolute atomic E-state index is 11.8. The zero-order valence-electron chi connectivity index (χ0n) is 10.6. The Morgan fingerprint density at radius 1 is 1.37 bits per heavy atom. The molecule has 1 aromatic carbocycles. The average molecular weight is 283 g/mol. The van der Waals surface area contributed by atoms with Crippen LogP contribution in [0.2, 0.25) is 0 Å². The number of sulfone groups is 1.